The molecule has 3 heteroatoms. The molecule has 1 fully saturated rings. The summed E-state index contributed by atoms with van der Waals surface area (Å²) in [5.41, 5.74) is 7.37. The number of hydrogen-bond acceptors (Lipinski definition) is 2. The summed E-state index contributed by atoms with van der Waals surface area (Å²) in [6.45, 7) is 0. The number of ether oxygens (including phenoxy) is 1. The molecule has 0 aromatic heterocycles. The highest BCUT2D eigenvalue weighted by molar-refractivity contribution is 6.31. The smallest absolute Gasteiger partial charge is 0.0832 e. The van der Waals surface area contributed by atoms with E-state index in [4.69, 9.17) is 22.1 Å². The van der Waals surface area contributed by atoms with Gasteiger partial charge >= 0.3 is 0 Å². The van der Waals surface area contributed by atoms with Crippen molar-refractivity contribution < 1.29 is 4.74 Å². The lowest BCUT2D eigenvalue weighted by Gasteiger charge is -2.41. The molecule has 0 saturated heterocycles. The third-order valence-electron chi connectivity index (χ3n) is 4.18. The van der Waals surface area contributed by atoms with Crippen LogP contribution in [-0.2, 0) is 11.2 Å². The van der Waals surface area contributed by atoms with E-state index >= 15 is 0 Å². The number of benzene rings is 1. The minimum absolute atomic E-state index is 0.0164. The van der Waals surface area contributed by atoms with E-state index in [0.29, 0.717) is 0 Å². The lowest BCUT2D eigenvalue weighted by atomic mass is 9.77. The van der Waals surface area contributed by atoms with Gasteiger partial charge in [-0.25, -0.2) is 0 Å². The van der Waals surface area contributed by atoms with Crippen molar-refractivity contribution in [3.63, 3.8) is 0 Å². The van der Waals surface area contributed by atoms with E-state index in [1.807, 2.05) is 24.3 Å². The van der Waals surface area contributed by atoms with Crippen LogP contribution in [0.5, 0.6) is 0 Å². The topological polar surface area (TPSA) is 35.2 Å². The van der Waals surface area contributed by atoms with Gasteiger partial charge in [-0.15, -0.1) is 0 Å². The lowest BCUT2D eigenvalue weighted by Crippen LogP contribution is -2.51. The molecule has 100 valence electrons. The number of halogens is 1. The number of nitrogens with two attached hydrogens (primary N) is 1. The van der Waals surface area contributed by atoms with Gasteiger partial charge in [0.05, 0.1) is 5.60 Å². The first-order chi connectivity index (χ1) is 8.68. The van der Waals surface area contributed by atoms with Crippen molar-refractivity contribution in [2.75, 3.05) is 7.11 Å². The molecule has 2 rings (SSSR count). The van der Waals surface area contributed by atoms with Crippen LogP contribution < -0.4 is 5.73 Å². The zero-order valence-corrected chi connectivity index (χ0v) is 11.7. The maximum Gasteiger partial charge on any atom is 0.0832 e. The Balaban J connectivity index is 2.10. The standard InChI is InChI=1S/C15H22ClNO/c1-18-15(9-5-2-6-10-15)14(17)11-12-7-3-4-8-13(12)16/h3-4,7-8,14H,2,5-6,9-11,17H2,1H3. The van der Waals surface area contributed by atoms with Gasteiger partial charge in [0, 0.05) is 18.2 Å². The Hall–Kier alpha value is -0.570. The van der Waals surface area contributed by atoms with Crippen molar-refractivity contribution in [2.45, 2.75) is 50.2 Å². The average Bonchev–Trinajstić information content (AvgIpc) is 2.42. The molecule has 1 aliphatic rings. The molecule has 0 bridgehead atoms. The van der Waals surface area contributed by atoms with Crippen LogP contribution in [0.4, 0.5) is 0 Å². The summed E-state index contributed by atoms with van der Waals surface area (Å²) in [4.78, 5) is 0. The van der Waals surface area contributed by atoms with Crippen LogP contribution in [0.15, 0.2) is 24.3 Å². The number of methoxy groups -OCH3 is 1. The van der Waals surface area contributed by atoms with Crippen LogP contribution in [-0.4, -0.2) is 18.8 Å². The van der Waals surface area contributed by atoms with E-state index in [-0.39, 0.29) is 11.6 Å². The van der Waals surface area contributed by atoms with Crippen molar-refractivity contribution in [3.05, 3.63) is 34.9 Å². The van der Waals surface area contributed by atoms with Crippen LogP contribution in [0.1, 0.15) is 37.7 Å². The Morgan fingerprint density at radius 2 is 1.94 bits per heavy atom. The van der Waals surface area contributed by atoms with Gasteiger partial charge in [-0.2, -0.15) is 0 Å². The highest BCUT2D eigenvalue weighted by Crippen LogP contribution is 2.35. The largest absolute Gasteiger partial charge is 0.377 e. The van der Waals surface area contributed by atoms with E-state index in [2.05, 4.69) is 0 Å². The highest BCUT2D eigenvalue weighted by Gasteiger charge is 2.38. The van der Waals surface area contributed by atoms with Gasteiger partial charge in [0.1, 0.15) is 0 Å². The molecule has 0 spiro atoms. The summed E-state index contributed by atoms with van der Waals surface area (Å²) < 4.78 is 5.78. The lowest BCUT2D eigenvalue weighted by molar-refractivity contribution is -0.0582. The zero-order chi connectivity index (χ0) is 13.0. The van der Waals surface area contributed by atoms with Crippen LogP contribution in [0.3, 0.4) is 0 Å². The average molecular weight is 268 g/mol. The maximum absolute atomic E-state index is 6.41. The summed E-state index contributed by atoms with van der Waals surface area (Å²) in [6, 6.07) is 7.94. The fraction of sp³-hybridized carbons (Fsp3) is 0.600. The molecule has 1 aliphatic carbocycles. The maximum atomic E-state index is 6.41. The van der Waals surface area contributed by atoms with Crippen LogP contribution in [0, 0.1) is 0 Å². The van der Waals surface area contributed by atoms with Gasteiger partial charge in [0.2, 0.25) is 0 Å². The quantitative estimate of drug-likeness (QED) is 0.905. The molecule has 0 aliphatic heterocycles. The minimum Gasteiger partial charge on any atom is -0.377 e. The van der Waals surface area contributed by atoms with Crippen molar-refractivity contribution in [1.29, 1.82) is 0 Å². The van der Waals surface area contributed by atoms with Gasteiger partial charge in [0.15, 0.2) is 0 Å². The summed E-state index contributed by atoms with van der Waals surface area (Å²) in [6.07, 6.45) is 6.63. The molecule has 1 saturated carbocycles. The second kappa shape index (κ2) is 6.05. The van der Waals surface area contributed by atoms with Crippen LogP contribution in [0.25, 0.3) is 0 Å². The summed E-state index contributed by atoms with van der Waals surface area (Å²) in [7, 11) is 1.79. The van der Waals surface area contributed by atoms with Crippen molar-refractivity contribution in [1.82, 2.24) is 0 Å². The fourth-order valence-corrected chi connectivity index (χ4v) is 3.18. The molecule has 1 aromatic carbocycles. The molecule has 1 unspecified atom stereocenters. The van der Waals surface area contributed by atoms with Crippen LogP contribution in [0.2, 0.25) is 5.02 Å². The van der Waals surface area contributed by atoms with E-state index in [1.54, 1.807) is 7.11 Å². The third-order valence-corrected chi connectivity index (χ3v) is 4.55. The van der Waals surface area contributed by atoms with E-state index in [1.165, 1.54) is 19.3 Å². The second-order valence-corrected chi connectivity index (χ2v) is 5.64. The Morgan fingerprint density at radius 3 is 2.56 bits per heavy atom. The van der Waals surface area contributed by atoms with Gasteiger partial charge in [-0.1, -0.05) is 49.1 Å². The minimum atomic E-state index is -0.155. The predicted molar refractivity (Wildman–Crippen MR) is 76.0 cm³/mol. The molecule has 0 heterocycles. The molecule has 0 radical (unpaired) electrons. The van der Waals surface area contributed by atoms with Gasteiger partial charge in [-0.05, 0) is 30.9 Å². The molecule has 18 heavy (non-hydrogen) atoms. The SMILES string of the molecule is COC1(C(N)Cc2ccccc2Cl)CCCCC1. The van der Waals surface area contributed by atoms with Gasteiger partial charge in [-0.3, -0.25) is 0 Å². The molecular weight excluding hydrogens is 246 g/mol. The number of rotatable bonds is 4. The molecule has 1 aromatic rings. The zero-order valence-electron chi connectivity index (χ0n) is 11.0. The van der Waals surface area contributed by atoms with Crippen LogP contribution >= 0.6 is 11.6 Å². The van der Waals surface area contributed by atoms with Crippen molar-refractivity contribution in [2.24, 2.45) is 5.73 Å². The fourth-order valence-electron chi connectivity index (χ4n) is 2.96. The number of hydrogen-bond donors (Lipinski definition) is 1. The Labute approximate surface area is 114 Å². The molecule has 1 atom stereocenters. The second-order valence-electron chi connectivity index (χ2n) is 5.23. The predicted octanol–water partition coefficient (Wildman–Crippen LogP) is 3.56. The molecular formula is C15H22ClNO. The molecule has 2 nitrogen and oxygen atoms in total. The van der Waals surface area contributed by atoms with Crippen molar-refractivity contribution >= 4 is 11.6 Å². The van der Waals surface area contributed by atoms with E-state index in [9.17, 15) is 0 Å². The molecule has 0 amide bonds. The summed E-state index contributed by atoms with van der Waals surface area (Å²) in [5.74, 6) is 0. The summed E-state index contributed by atoms with van der Waals surface area (Å²) in [5, 5.41) is 0.801. The molecule has 2 N–H and O–H groups in total. The monoisotopic (exact) mass is 267 g/mol. The Kier molecular flexibility index (Phi) is 4.66. The normalized spacial score (nSPS) is 20.6. The van der Waals surface area contributed by atoms with E-state index < -0.39 is 0 Å². The first-order valence-electron chi connectivity index (χ1n) is 6.72. The van der Waals surface area contributed by atoms with Gasteiger partial charge in [0.25, 0.3) is 0 Å². The van der Waals surface area contributed by atoms with Crippen molar-refractivity contribution in [3.8, 4) is 0 Å². The van der Waals surface area contributed by atoms with Gasteiger partial charge < -0.3 is 10.5 Å². The van der Waals surface area contributed by atoms with E-state index in [0.717, 1.165) is 29.8 Å². The first kappa shape index (κ1) is 13.9. The highest BCUT2D eigenvalue weighted by atomic mass is 35.5. The Morgan fingerprint density at radius 1 is 1.28 bits per heavy atom. The Bertz CT molecular complexity index is 388. The summed E-state index contributed by atoms with van der Waals surface area (Å²) >= 11 is 6.20. The third kappa shape index (κ3) is 2.87. The first-order valence-corrected chi connectivity index (χ1v) is 7.10.